The second-order valence-corrected chi connectivity index (χ2v) is 5.33. The van der Waals surface area contributed by atoms with Gasteiger partial charge in [0, 0.05) is 26.0 Å². The van der Waals surface area contributed by atoms with E-state index in [9.17, 15) is 4.79 Å². The van der Waals surface area contributed by atoms with Crippen molar-refractivity contribution in [2.45, 2.75) is 70.7 Å². The molecule has 110 valence electrons. The first-order valence-electron chi connectivity index (χ1n) is 7.40. The molecule has 2 aliphatic rings. The zero-order valence-corrected chi connectivity index (χ0v) is 12.0. The first kappa shape index (κ1) is 14.8. The van der Waals surface area contributed by atoms with Gasteiger partial charge in [-0.25, -0.2) is 0 Å². The molecule has 2 rings (SSSR count). The van der Waals surface area contributed by atoms with Gasteiger partial charge < -0.3 is 9.47 Å². The molecule has 0 aromatic rings. The zero-order valence-electron chi connectivity index (χ0n) is 12.0. The molecule has 0 spiro atoms. The lowest BCUT2D eigenvalue weighted by Gasteiger charge is -2.33. The van der Waals surface area contributed by atoms with Crippen LogP contribution in [0.25, 0.3) is 0 Å². The van der Waals surface area contributed by atoms with E-state index in [1.807, 2.05) is 12.0 Å². The summed E-state index contributed by atoms with van der Waals surface area (Å²) in [7, 11) is 0. The molecule has 1 aliphatic heterocycles. The van der Waals surface area contributed by atoms with Crippen LogP contribution in [0.5, 0.6) is 0 Å². The first-order chi connectivity index (χ1) is 9.20. The summed E-state index contributed by atoms with van der Waals surface area (Å²) in [5.41, 5.74) is 0. The van der Waals surface area contributed by atoms with Crippen LogP contribution in [0.2, 0.25) is 0 Å². The summed E-state index contributed by atoms with van der Waals surface area (Å²) in [6, 6.07) is 0.573. The fraction of sp³-hybridized carbons (Fsp3) is 0.929. The Labute approximate surface area is 115 Å². The molecule has 0 amide bonds. The fourth-order valence-corrected chi connectivity index (χ4v) is 2.95. The highest BCUT2D eigenvalue weighted by atomic mass is 16.8. The number of hydrogen-bond donors (Lipinski definition) is 0. The van der Waals surface area contributed by atoms with E-state index >= 15 is 0 Å². The third-order valence-electron chi connectivity index (χ3n) is 3.83. The van der Waals surface area contributed by atoms with E-state index in [1.165, 1.54) is 26.2 Å². The van der Waals surface area contributed by atoms with Crippen molar-refractivity contribution in [1.29, 1.82) is 0 Å². The molecular formula is C14H25NO4. The van der Waals surface area contributed by atoms with Crippen LogP contribution in [0.4, 0.5) is 0 Å². The summed E-state index contributed by atoms with van der Waals surface area (Å²) in [6.45, 7) is 4.45. The average molecular weight is 271 g/mol. The van der Waals surface area contributed by atoms with Crippen molar-refractivity contribution in [3.8, 4) is 0 Å². The number of nitrogens with zero attached hydrogens (tertiary/aromatic N) is 1. The summed E-state index contributed by atoms with van der Waals surface area (Å²) in [5, 5.41) is 2.04. The van der Waals surface area contributed by atoms with Crippen molar-refractivity contribution < 1.29 is 19.1 Å². The third kappa shape index (κ3) is 4.16. The highest BCUT2D eigenvalue weighted by Gasteiger charge is 2.39. The summed E-state index contributed by atoms with van der Waals surface area (Å²) >= 11 is 0. The molecule has 5 nitrogen and oxygen atoms in total. The Hall–Kier alpha value is -0.650. The van der Waals surface area contributed by atoms with Gasteiger partial charge in [0.1, 0.15) is 6.61 Å². The van der Waals surface area contributed by atoms with Crippen molar-refractivity contribution in [2.75, 3.05) is 13.2 Å². The van der Waals surface area contributed by atoms with Gasteiger partial charge in [-0.3, -0.25) is 9.63 Å². The van der Waals surface area contributed by atoms with Crippen LogP contribution in [0.15, 0.2) is 0 Å². The SMILES string of the molecule is CCO[C@@H]1C[C@H](COC(C)=O)N(C2CCCCC2)O1. The Morgan fingerprint density at radius 3 is 2.68 bits per heavy atom. The molecule has 1 heterocycles. The molecule has 0 bridgehead atoms. The van der Waals surface area contributed by atoms with E-state index in [0.717, 1.165) is 19.3 Å². The Morgan fingerprint density at radius 1 is 1.32 bits per heavy atom. The van der Waals surface area contributed by atoms with E-state index in [-0.39, 0.29) is 18.3 Å². The molecule has 1 aliphatic carbocycles. The van der Waals surface area contributed by atoms with E-state index in [1.54, 1.807) is 0 Å². The molecule has 0 aromatic carbocycles. The van der Waals surface area contributed by atoms with Gasteiger partial charge in [0.2, 0.25) is 0 Å². The number of ether oxygens (including phenoxy) is 2. The number of carbonyl (C=O) groups is 1. The first-order valence-corrected chi connectivity index (χ1v) is 7.40. The Balaban J connectivity index is 1.92. The number of carbonyl (C=O) groups excluding carboxylic acids is 1. The van der Waals surface area contributed by atoms with Crippen molar-refractivity contribution in [2.24, 2.45) is 0 Å². The lowest BCUT2D eigenvalue weighted by molar-refractivity contribution is -0.260. The van der Waals surface area contributed by atoms with Crippen LogP contribution in [0.1, 0.15) is 52.4 Å². The summed E-state index contributed by atoms with van der Waals surface area (Å²) in [5.74, 6) is -0.233. The van der Waals surface area contributed by atoms with Crippen LogP contribution in [0.3, 0.4) is 0 Å². The number of rotatable bonds is 5. The minimum Gasteiger partial charge on any atom is -0.464 e. The smallest absolute Gasteiger partial charge is 0.302 e. The quantitative estimate of drug-likeness (QED) is 0.718. The fourth-order valence-electron chi connectivity index (χ4n) is 2.95. The molecule has 2 fully saturated rings. The van der Waals surface area contributed by atoms with E-state index in [2.05, 4.69) is 0 Å². The predicted molar refractivity (Wildman–Crippen MR) is 70.2 cm³/mol. The molecule has 0 radical (unpaired) electrons. The van der Waals surface area contributed by atoms with Gasteiger partial charge in [0.05, 0.1) is 6.04 Å². The minimum absolute atomic E-state index is 0.128. The second-order valence-electron chi connectivity index (χ2n) is 5.33. The van der Waals surface area contributed by atoms with Gasteiger partial charge in [-0.05, 0) is 19.8 Å². The maximum absolute atomic E-state index is 11.0. The van der Waals surface area contributed by atoms with Gasteiger partial charge in [-0.2, -0.15) is 5.06 Å². The number of hydrogen-bond acceptors (Lipinski definition) is 5. The molecule has 2 atom stereocenters. The molecule has 5 heteroatoms. The van der Waals surface area contributed by atoms with E-state index < -0.39 is 0 Å². The Kier molecular flexibility index (Phi) is 5.60. The van der Waals surface area contributed by atoms with Crippen molar-refractivity contribution in [1.82, 2.24) is 5.06 Å². The normalized spacial score (nSPS) is 29.6. The topological polar surface area (TPSA) is 48.0 Å². The maximum atomic E-state index is 11.0. The lowest BCUT2D eigenvalue weighted by atomic mass is 9.94. The predicted octanol–water partition coefficient (Wildman–Crippen LogP) is 2.25. The summed E-state index contributed by atoms with van der Waals surface area (Å²) in [6.07, 6.45) is 6.73. The van der Waals surface area contributed by atoms with Crippen LogP contribution in [0, 0.1) is 0 Å². The largest absolute Gasteiger partial charge is 0.464 e. The number of esters is 1. The van der Waals surface area contributed by atoms with Gasteiger partial charge >= 0.3 is 5.97 Å². The molecule has 0 unspecified atom stereocenters. The minimum atomic E-state index is -0.233. The number of hydroxylamine groups is 2. The zero-order chi connectivity index (χ0) is 13.7. The van der Waals surface area contributed by atoms with Gasteiger partial charge in [-0.1, -0.05) is 19.3 Å². The molecule has 0 aromatic heterocycles. The van der Waals surface area contributed by atoms with Crippen molar-refractivity contribution in [3.63, 3.8) is 0 Å². The third-order valence-corrected chi connectivity index (χ3v) is 3.83. The summed E-state index contributed by atoms with van der Waals surface area (Å²) < 4.78 is 10.7. The molecule has 1 saturated carbocycles. The summed E-state index contributed by atoms with van der Waals surface area (Å²) in [4.78, 5) is 16.9. The van der Waals surface area contributed by atoms with Crippen molar-refractivity contribution >= 4 is 5.97 Å². The molecule has 0 N–H and O–H groups in total. The monoisotopic (exact) mass is 271 g/mol. The second kappa shape index (κ2) is 7.22. The van der Waals surface area contributed by atoms with Crippen LogP contribution >= 0.6 is 0 Å². The Bertz CT molecular complexity index is 291. The molecule has 1 saturated heterocycles. The maximum Gasteiger partial charge on any atom is 0.302 e. The van der Waals surface area contributed by atoms with E-state index in [4.69, 9.17) is 14.3 Å². The van der Waals surface area contributed by atoms with Crippen LogP contribution < -0.4 is 0 Å². The van der Waals surface area contributed by atoms with E-state index in [0.29, 0.717) is 19.3 Å². The standard InChI is InChI=1S/C14H25NO4/c1-3-17-14-9-13(10-18-11(2)16)15(19-14)12-7-5-4-6-8-12/h12-14H,3-10H2,1-2H3/t13-,14+/m1/s1. The molecular weight excluding hydrogens is 246 g/mol. The lowest BCUT2D eigenvalue weighted by Crippen LogP contribution is -2.41. The van der Waals surface area contributed by atoms with Gasteiger partial charge in [-0.15, -0.1) is 0 Å². The highest BCUT2D eigenvalue weighted by Crippen LogP contribution is 2.31. The van der Waals surface area contributed by atoms with Crippen LogP contribution in [-0.4, -0.2) is 42.6 Å². The highest BCUT2D eigenvalue weighted by molar-refractivity contribution is 5.65. The van der Waals surface area contributed by atoms with Crippen molar-refractivity contribution in [3.05, 3.63) is 0 Å². The Morgan fingerprint density at radius 2 is 2.05 bits per heavy atom. The molecule has 19 heavy (non-hydrogen) atoms. The van der Waals surface area contributed by atoms with Gasteiger partial charge in [0.25, 0.3) is 0 Å². The van der Waals surface area contributed by atoms with Gasteiger partial charge in [0.15, 0.2) is 6.29 Å². The van der Waals surface area contributed by atoms with Crippen LogP contribution in [-0.2, 0) is 19.1 Å². The average Bonchev–Trinajstić information content (AvgIpc) is 2.81.